The topological polar surface area (TPSA) is 78.9 Å². The third kappa shape index (κ3) is 54.1. The van der Waals surface area contributed by atoms with E-state index in [-0.39, 0.29) is 50.4 Å². The van der Waals surface area contributed by atoms with Crippen LogP contribution in [-0.2, 0) is 28.6 Å². The van der Waals surface area contributed by atoms with Crippen LogP contribution in [0, 0.1) is 0 Å². The Morgan fingerprint density at radius 3 is 1.01 bits per heavy atom. The van der Waals surface area contributed by atoms with Crippen LogP contribution in [0.5, 0.6) is 0 Å². The van der Waals surface area contributed by atoms with Gasteiger partial charge in [-0.25, -0.2) is 0 Å². The fraction of sp³-hybridized carbons (Fsp3) is 0.571. The second-order valence-corrected chi connectivity index (χ2v) is 17.4. The molecule has 0 fully saturated rings. The van der Waals surface area contributed by atoms with Crippen LogP contribution in [0.3, 0.4) is 0 Å². The predicted molar refractivity (Wildman–Crippen MR) is 297 cm³/mol. The molecule has 0 N–H and O–H groups in total. The van der Waals surface area contributed by atoms with Gasteiger partial charge in [-0.05, 0) is 128 Å². The number of hydrogen-bond donors (Lipinski definition) is 0. The van der Waals surface area contributed by atoms with Crippen molar-refractivity contribution in [3.8, 4) is 0 Å². The highest BCUT2D eigenvalue weighted by Crippen LogP contribution is 2.11. The van der Waals surface area contributed by atoms with Gasteiger partial charge in [-0.3, -0.25) is 14.4 Å². The van der Waals surface area contributed by atoms with Crippen molar-refractivity contribution in [2.45, 2.75) is 219 Å². The first-order valence-electron chi connectivity index (χ1n) is 27.3. The van der Waals surface area contributed by atoms with Crippen molar-refractivity contribution in [2.75, 3.05) is 13.2 Å². The molecule has 386 valence electrons. The van der Waals surface area contributed by atoms with Crippen LogP contribution in [0.1, 0.15) is 213 Å². The summed E-state index contributed by atoms with van der Waals surface area (Å²) < 4.78 is 16.7. The summed E-state index contributed by atoms with van der Waals surface area (Å²) in [6.07, 6.45) is 79.9. The zero-order valence-electron chi connectivity index (χ0n) is 44.0. The number of hydrogen-bond acceptors (Lipinski definition) is 6. The Bertz CT molecular complexity index is 1560. The predicted octanol–water partition coefficient (Wildman–Crippen LogP) is 18.4. The van der Waals surface area contributed by atoms with Crippen LogP contribution in [-0.4, -0.2) is 37.2 Å². The molecule has 0 unspecified atom stereocenters. The number of esters is 3. The summed E-state index contributed by atoms with van der Waals surface area (Å²) in [5.41, 5.74) is 0. The molecule has 69 heavy (non-hydrogen) atoms. The van der Waals surface area contributed by atoms with E-state index in [1.54, 1.807) is 0 Å². The van der Waals surface area contributed by atoms with E-state index in [9.17, 15) is 14.4 Å². The average molecular weight is 951 g/mol. The van der Waals surface area contributed by atoms with Gasteiger partial charge in [0.15, 0.2) is 6.10 Å². The maximum Gasteiger partial charge on any atom is 0.306 e. The largest absolute Gasteiger partial charge is 0.462 e. The Balaban J connectivity index is 4.64. The van der Waals surface area contributed by atoms with Gasteiger partial charge in [0.1, 0.15) is 13.2 Å². The Hall–Kier alpha value is -4.71. The minimum absolute atomic E-state index is 0.141. The Kier molecular flexibility index (Phi) is 52.1. The minimum Gasteiger partial charge on any atom is -0.462 e. The SMILES string of the molecule is CC/C=C\C/C=C\C/C=C\C/C=C\C/C=C\C/C=C\CCC(=O)OC[C@H](COC(=O)CCC/C=C\C/C=C\C/C=C\C/C=C\CCCCC)OC(=O)CCCCCCC/C=C\C/C=C\CCCCC. The summed E-state index contributed by atoms with van der Waals surface area (Å²) >= 11 is 0. The summed E-state index contributed by atoms with van der Waals surface area (Å²) in [6, 6.07) is 0. The van der Waals surface area contributed by atoms with Gasteiger partial charge in [0.2, 0.25) is 0 Å². The third-order valence-corrected chi connectivity index (χ3v) is 10.8. The van der Waals surface area contributed by atoms with Gasteiger partial charge in [-0.15, -0.1) is 0 Å². The summed E-state index contributed by atoms with van der Waals surface area (Å²) in [6.45, 7) is 6.32. The summed E-state index contributed by atoms with van der Waals surface area (Å²) in [5, 5.41) is 0. The highest BCUT2D eigenvalue weighted by Gasteiger charge is 2.19. The molecule has 0 aromatic rings. The summed E-state index contributed by atoms with van der Waals surface area (Å²) in [7, 11) is 0. The second kappa shape index (κ2) is 55.9. The fourth-order valence-electron chi connectivity index (χ4n) is 6.72. The van der Waals surface area contributed by atoms with Crippen molar-refractivity contribution in [3.05, 3.63) is 146 Å². The molecule has 0 aliphatic heterocycles. The van der Waals surface area contributed by atoms with Crippen LogP contribution in [0.2, 0.25) is 0 Å². The van der Waals surface area contributed by atoms with E-state index < -0.39 is 6.10 Å². The summed E-state index contributed by atoms with van der Waals surface area (Å²) in [5.74, 6) is -1.10. The molecule has 0 saturated heterocycles. The van der Waals surface area contributed by atoms with Crippen molar-refractivity contribution in [1.82, 2.24) is 0 Å². The molecule has 0 aromatic heterocycles. The molecule has 0 heterocycles. The van der Waals surface area contributed by atoms with Crippen LogP contribution >= 0.6 is 0 Å². The number of ether oxygens (including phenoxy) is 3. The molecule has 0 aliphatic rings. The molecule has 0 radical (unpaired) electrons. The first-order valence-corrected chi connectivity index (χ1v) is 27.3. The standard InChI is InChI=1S/C63H98O6/c1-4-7-10-13-16-19-22-25-28-30-31-33-36-38-41-44-47-50-53-56-62(65)68-59-60(69-63(66)57-54-51-48-45-42-39-34-27-24-21-18-15-12-9-6-3)58-67-61(64)55-52-49-46-43-40-37-35-32-29-26-23-20-17-14-11-8-5-2/h7,10,16-21,25-29,31,33-35,37-38,41,43,46-47,50,60H,4-6,8-9,11-15,22-24,30,32,36,39-40,42,44-45,48-49,51-59H2,1-3H3/b10-7-,19-16-,20-17-,21-18-,28-25-,29-26-,33-31-,34-27-,37-35-,41-38-,46-43-,50-47-/t60-/m0/s1. The monoisotopic (exact) mass is 951 g/mol. The average Bonchev–Trinajstić information content (AvgIpc) is 3.35. The van der Waals surface area contributed by atoms with Gasteiger partial charge < -0.3 is 14.2 Å². The summed E-state index contributed by atoms with van der Waals surface area (Å²) in [4.78, 5) is 38.0. The molecule has 0 amide bonds. The van der Waals surface area contributed by atoms with E-state index in [0.29, 0.717) is 12.8 Å². The molecular weight excluding hydrogens is 853 g/mol. The quantitative estimate of drug-likeness (QED) is 0.0262. The molecule has 0 aliphatic carbocycles. The van der Waals surface area contributed by atoms with E-state index in [2.05, 4.69) is 154 Å². The van der Waals surface area contributed by atoms with Crippen molar-refractivity contribution in [1.29, 1.82) is 0 Å². The zero-order chi connectivity index (χ0) is 50.0. The Labute approximate surface area is 423 Å². The number of unbranched alkanes of at least 4 members (excludes halogenated alkanes) is 12. The van der Waals surface area contributed by atoms with Crippen molar-refractivity contribution < 1.29 is 28.6 Å². The second-order valence-electron chi connectivity index (χ2n) is 17.4. The maximum atomic E-state index is 12.8. The third-order valence-electron chi connectivity index (χ3n) is 10.8. The highest BCUT2D eigenvalue weighted by atomic mass is 16.6. The van der Waals surface area contributed by atoms with Crippen molar-refractivity contribution in [3.63, 3.8) is 0 Å². The van der Waals surface area contributed by atoms with Crippen LogP contribution < -0.4 is 0 Å². The molecule has 0 saturated carbocycles. The highest BCUT2D eigenvalue weighted by molar-refractivity contribution is 5.71. The molecule has 1 atom stereocenters. The van der Waals surface area contributed by atoms with Gasteiger partial charge in [0.05, 0.1) is 0 Å². The van der Waals surface area contributed by atoms with E-state index in [0.717, 1.165) is 109 Å². The van der Waals surface area contributed by atoms with Crippen molar-refractivity contribution >= 4 is 17.9 Å². The van der Waals surface area contributed by atoms with E-state index in [1.165, 1.54) is 51.4 Å². The lowest BCUT2D eigenvalue weighted by Crippen LogP contribution is -2.30. The van der Waals surface area contributed by atoms with Gasteiger partial charge in [-0.2, -0.15) is 0 Å². The number of carbonyl (C=O) groups is 3. The molecule has 0 spiro atoms. The van der Waals surface area contributed by atoms with E-state index in [4.69, 9.17) is 14.2 Å². The Morgan fingerprint density at radius 2 is 0.609 bits per heavy atom. The smallest absolute Gasteiger partial charge is 0.306 e. The van der Waals surface area contributed by atoms with Gasteiger partial charge in [0, 0.05) is 19.3 Å². The van der Waals surface area contributed by atoms with E-state index in [1.807, 2.05) is 12.2 Å². The van der Waals surface area contributed by atoms with Crippen LogP contribution in [0.15, 0.2) is 146 Å². The lowest BCUT2D eigenvalue weighted by Gasteiger charge is -2.18. The zero-order valence-corrected chi connectivity index (χ0v) is 44.0. The molecule has 0 aromatic carbocycles. The molecule has 6 nitrogen and oxygen atoms in total. The van der Waals surface area contributed by atoms with Crippen LogP contribution in [0.25, 0.3) is 0 Å². The first kappa shape index (κ1) is 64.3. The lowest BCUT2D eigenvalue weighted by atomic mass is 10.1. The lowest BCUT2D eigenvalue weighted by molar-refractivity contribution is -0.166. The molecular formula is C63H98O6. The van der Waals surface area contributed by atoms with Gasteiger partial charge in [-0.1, -0.05) is 212 Å². The Morgan fingerprint density at radius 1 is 0.304 bits per heavy atom. The molecule has 0 rings (SSSR count). The first-order chi connectivity index (χ1) is 34.0. The molecule has 6 heteroatoms. The van der Waals surface area contributed by atoms with Crippen LogP contribution in [0.4, 0.5) is 0 Å². The van der Waals surface area contributed by atoms with Crippen molar-refractivity contribution in [2.24, 2.45) is 0 Å². The normalized spacial score (nSPS) is 13.3. The fourth-order valence-corrected chi connectivity index (χ4v) is 6.72. The van der Waals surface area contributed by atoms with Gasteiger partial charge in [0.25, 0.3) is 0 Å². The number of carbonyl (C=O) groups excluding carboxylic acids is 3. The number of rotatable bonds is 47. The number of allylic oxidation sites excluding steroid dienone is 24. The van der Waals surface area contributed by atoms with Gasteiger partial charge >= 0.3 is 17.9 Å². The van der Waals surface area contributed by atoms with E-state index >= 15 is 0 Å². The minimum atomic E-state index is -0.845. The maximum absolute atomic E-state index is 12.8. The molecule has 0 bridgehead atoms.